The maximum Gasteiger partial charge on any atom is 0.508 e. The summed E-state index contributed by atoms with van der Waals surface area (Å²) in [5, 5.41) is 8.38. The molecule has 4 amide bonds. The van der Waals surface area contributed by atoms with Gasteiger partial charge in [-0.15, -0.1) is 6.58 Å². The Bertz CT molecular complexity index is 1080. The van der Waals surface area contributed by atoms with Crippen molar-refractivity contribution < 1.29 is 38.2 Å². The number of ether oxygens (including phenoxy) is 2. The molecule has 3 unspecified atom stereocenters. The minimum atomic E-state index is -1.02. The fraction of sp³-hybridized carbons (Fsp3) is 0.742. The van der Waals surface area contributed by atoms with Crippen molar-refractivity contribution in [3.05, 3.63) is 12.7 Å². The molecule has 1 fully saturated rings. The smallest absolute Gasteiger partial charge is 0.438 e. The molecule has 1 aliphatic rings. The number of ketones is 1. The minimum Gasteiger partial charge on any atom is -0.438 e. The molecule has 6 atom stereocenters. The molecule has 1 saturated heterocycles. The molecule has 0 aromatic rings. The summed E-state index contributed by atoms with van der Waals surface area (Å²) >= 11 is 0. The molecule has 3 N–H and O–H groups in total. The van der Waals surface area contributed by atoms with Crippen molar-refractivity contribution in [2.24, 2.45) is 23.2 Å². The summed E-state index contributed by atoms with van der Waals surface area (Å²) in [5.41, 5.74) is -1.32. The molecular weight excluding hydrogens is 578 g/mol. The number of rotatable bonds is 16. The fourth-order valence-corrected chi connectivity index (χ4v) is 5.59. The quantitative estimate of drug-likeness (QED) is 0.101. The summed E-state index contributed by atoms with van der Waals surface area (Å²) < 4.78 is 9.54. The van der Waals surface area contributed by atoms with Gasteiger partial charge < -0.3 is 35.1 Å². The molecule has 1 rings (SSSR count). The third-order valence-corrected chi connectivity index (χ3v) is 8.44. The van der Waals surface area contributed by atoms with E-state index in [4.69, 9.17) is 4.74 Å². The predicted octanol–water partition coefficient (Wildman–Crippen LogP) is 1.83. The number of allylic oxidation sites excluding steroid dienone is 1. The van der Waals surface area contributed by atoms with Gasteiger partial charge in [-0.2, -0.15) is 0 Å². The molecule has 252 valence electrons. The van der Waals surface area contributed by atoms with E-state index >= 15 is 0 Å². The van der Waals surface area contributed by atoms with E-state index in [-0.39, 0.29) is 50.4 Å². The number of carbonyl (C=O) groups excluding carboxylic acids is 6. The lowest BCUT2D eigenvalue weighted by atomic mass is 9.67. The van der Waals surface area contributed by atoms with Crippen LogP contribution in [0.5, 0.6) is 0 Å². The normalized spacial score (nSPS) is 20.1. The number of Topliss-reactive ketones (excluding diaryl/α,β-unsaturated/α-hetero) is 1. The summed E-state index contributed by atoms with van der Waals surface area (Å²) in [4.78, 5) is 79.9. The Hall–Kier alpha value is -3.31. The molecule has 1 heterocycles. The van der Waals surface area contributed by atoms with Crippen molar-refractivity contribution in [2.75, 3.05) is 20.3 Å². The number of carbonyl (C=O) groups is 6. The van der Waals surface area contributed by atoms with Crippen LogP contribution in [0.2, 0.25) is 12.1 Å². The lowest BCUT2D eigenvalue weighted by Crippen LogP contribution is -2.61. The minimum absolute atomic E-state index is 0.0190. The lowest BCUT2D eigenvalue weighted by Gasteiger charge is -2.36. The SMILES string of the molecule is B[C@@H]1C(C(=O)NC(CCC)C(=O)C(=O)BCC=C)N(C(=O)C(NC(=O)N[C@H](COC(=O)OC)C(C)C)C(C)(C)C)C[C@@H]1C(C)C. The van der Waals surface area contributed by atoms with Crippen LogP contribution in [0, 0.1) is 23.2 Å². The van der Waals surface area contributed by atoms with Gasteiger partial charge in [0, 0.05) is 6.54 Å². The average Bonchev–Trinajstić information content (AvgIpc) is 3.32. The van der Waals surface area contributed by atoms with E-state index in [1.807, 2.05) is 63.2 Å². The monoisotopic (exact) mass is 632 g/mol. The zero-order valence-electron chi connectivity index (χ0n) is 28.9. The first-order chi connectivity index (χ1) is 20.9. The zero-order chi connectivity index (χ0) is 34.6. The first kappa shape index (κ1) is 39.7. The molecule has 14 heteroatoms. The Labute approximate surface area is 270 Å². The molecule has 0 aromatic heterocycles. The van der Waals surface area contributed by atoms with Crippen LogP contribution in [0.25, 0.3) is 0 Å². The second kappa shape index (κ2) is 18.0. The Balaban J connectivity index is 3.32. The van der Waals surface area contributed by atoms with Gasteiger partial charge in [-0.25, -0.2) is 9.59 Å². The molecule has 0 aromatic carbocycles. The molecule has 0 bridgehead atoms. The standard InChI is InChI=1S/C31H54B2N4O8/c1-11-13-20(24(38)26(39)33-14-12-2)34-27(40)23-22(32)19(17(3)4)15-37(23)28(41)25(31(7,8)9)36-29(42)35-21(18(5)6)16-45-30(43)44-10/h12,17-23,25,33H,2,11,13-16,32H2,1,3-10H3,(H,34,40)(H2,35,36,42)/t19-,20?,21-,22+,23?,25?/m1/s1. The largest absolute Gasteiger partial charge is 0.508 e. The Morgan fingerprint density at radius 1 is 1.07 bits per heavy atom. The van der Waals surface area contributed by atoms with Crippen LogP contribution in [-0.2, 0) is 28.7 Å². The van der Waals surface area contributed by atoms with Crippen LogP contribution in [0.4, 0.5) is 9.59 Å². The number of nitrogens with one attached hydrogen (secondary N) is 3. The van der Waals surface area contributed by atoms with Gasteiger partial charge in [-0.1, -0.05) is 74.2 Å². The van der Waals surface area contributed by atoms with Crippen LogP contribution < -0.4 is 16.0 Å². The third-order valence-electron chi connectivity index (χ3n) is 8.44. The Morgan fingerprint density at radius 2 is 1.69 bits per heavy atom. The number of hydrogen-bond donors (Lipinski definition) is 3. The van der Waals surface area contributed by atoms with Crippen molar-refractivity contribution in [1.82, 2.24) is 20.9 Å². The number of methoxy groups -OCH3 is 1. The highest BCUT2D eigenvalue weighted by molar-refractivity contribution is 6.88. The second-order valence-corrected chi connectivity index (χ2v) is 13.7. The number of nitrogens with zero attached hydrogens (tertiary/aromatic N) is 1. The van der Waals surface area contributed by atoms with Crippen LogP contribution >= 0.6 is 0 Å². The first-order valence-electron chi connectivity index (χ1n) is 16.0. The van der Waals surface area contributed by atoms with E-state index in [0.717, 1.165) is 0 Å². The van der Waals surface area contributed by atoms with Gasteiger partial charge in [-0.3, -0.25) is 14.4 Å². The second-order valence-electron chi connectivity index (χ2n) is 13.7. The van der Waals surface area contributed by atoms with E-state index in [0.29, 0.717) is 12.7 Å². The van der Waals surface area contributed by atoms with E-state index in [1.54, 1.807) is 6.08 Å². The molecule has 12 nitrogen and oxygen atoms in total. The molecule has 0 radical (unpaired) electrons. The highest BCUT2D eigenvalue weighted by Crippen LogP contribution is 2.39. The van der Waals surface area contributed by atoms with E-state index in [9.17, 15) is 28.8 Å². The number of likely N-dealkylation sites (tertiary alicyclic amines) is 1. The van der Waals surface area contributed by atoms with E-state index < -0.39 is 65.0 Å². The molecule has 45 heavy (non-hydrogen) atoms. The lowest BCUT2D eigenvalue weighted by molar-refractivity contribution is -0.143. The maximum atomic E-state index is 14.3. The van der Waals surface area contributed by atoms with Gasteiger partial charge in [0.2, 0.25) is 24.9 Å². The summed E-state index contributed by atoms with van der Waals surface area (Å²) in [6, 6.07) is -4.11. The van der Waals surface area contributed by atoms with Gasteiger partial charge in [0.1, 0.15) is 26.5 Å². The summed E-state index contributed by atoms with van der Waals surface area (Å²) in [6.07, 6.45) is 1.90. The third kappa shape index (κ3) is 11.5. The highest BCUT2D eigenvalue weighted by atomic mass is 16.7. The van der Waals surface area contributed by atoms with Crippen LogP contribution in [0.1, 0.15) is 68.2 Å². The molecule has 0 spiro atoms. The maximum absolute atomic E-state index is 14.3. The van der Waals surface area contributed by atoms with E-state index in [1.165, 1.54) is 12.0 Å². The summed E-state index contributed by atoms with van der Waals surface area (Å²) in [6.45, 7) is 18.8. The topological polar surface area (TPSA) is 160 Å². The fourth-order valence-electron chi connectivity index (χ4n) is 5.59. The van der Waals surface area contributed by atoms with Crippen molar-refractivity contribution in [1.29, 1.82) is 0 Å². The molecular formula is C31H54B2N4O8. The number of amides is 4. The van der Waals surface area contributed by atoms with Crippen molar-refractivity contribution in [3.8, 4) is 0 Å². The van der Waals surface area contributed by atoms with Gasteiger partial charge >= 0.3 is 12.2 Å². The van der Waals surface area contributed by atoms with Crippen LogP contribution in [0.3, 0.4) is 0 Å². The summed E-state index contributed by atoms with van der Waals surface area (Å²) in [5.74, 6) is -1.82. The summed E-state index contributed by atoms with van der Waals surface area (Å²) in [7, 11) is 3.12. The van der Waals surface area contributed by atoms with Crippen LogP contribution in [0.15, 0.2) is 12.7 Å². The first-order valence-corrected chi connectivity index (χ1v) is 16.0. The Kier molecular flexibility index (Phi) is 15.9. The average molecular weight is 632 g/mol. The van der Waals surface area contributed by atoms with Gasteiger partial charge in [0.05, 0.1) is 19.2 Å². The predicted molar refractivity (Wildman–Crippen MR) is 177 cm³/mol. The van der Waals surface area contributed by atoms with Crippen molar-refractivity contribution >= 4 is 50.6 Å². The zero-order valence-corrected chi connectivity index (χ0v) is 28.9. The molecule has 0 aliphatic carbocycles. The molecule has 0 saturated carbocycles. The number of hydrogen-bond acceptors (Lipinski definition) is 8. The van der Waals surface area contributed by atoms with Crippen molar-refractivity contribution in [2.45, 2.75) is 105 Å². The number of urea groups is 1. The molecule has 1 aliphatic heterocycles. The van der Waals surface area contributed by atoms with Crippen molar-refractivity contribution in [3.63, 3.8) is 0 Å². The van der Waals surface area contributed by atoms with Gasteiger partial charge in [0.25, 0.3) is 0 Å². The van der Waals surface area contributed by atoms with Crippen LogP contribution in [-0.4, -0.2) is 99.9 Å². The van der Waals surface area contributed by atoms with Gasteiger partial charge in [0.15, 0.2) is 5.68 Å². The Morgan fingerprint density at radius 3 is 2.18 bits per heavy atom. The highest BCUT2D eigenvalue weighted by Gasteiger charge is 2.49. The van der Waals surface area contributed by atoms with Gasteiger partial charge in [-0.05, 0) is 35.4 Å². The van der Waals surface area contributed by atoms with E-state index in [2.05, 4.69) is 27.3 Å².